The Morgan fingerprint density at radius 1 is 1.35 bits per heavy atom. The number of benzene rings is 1. The summed E-state index contributed by atoms with van der Waals surface area (Å²) in [5, 5.41) is 7.64. The summed E-state index contributed by atoms with van der Waals surface area (Å²) in [6.45, 7) is 2.15. The second kappa shape index (κ2) is 7.90. The Morgan fingerprint density at radius 3 is 2.71 bits per heavy atom. The molecule has 17 heavy (non-hydrogen) atoms. The molecule has 0 fully saturated rings. The maximum atomic E-state index is 11.1. The second-order valence-corrected chi connectivity index (χ2v) is 4.55. The minimum Gasteiger partial charge on any atom is -0.466 e. The van der Waals surface area contributed by atoms with Gasteiger partial charge in [0.15, 0.2) is 0 Å². The molecule has 0 radical (unpaired) electrons. The first kappa shape index (κ1) is 13.8. The largest absolute Gasteiger partial charge is 0.466 e. The molecule has 1 N–H and O–H groups in total. The molecular formula is C13H17NO2S. The first-order valence-electron chi connectivity index (χ1n) is 5.56. The molecule has 0 aliphatic heterocycles. The molecular weight excluding hydrogens is 234 g/mol. The van der Waals surface area contributed by atoms with Gasteiger partial charge in [-0.1, -0.05) is 30.3 Å². The van der Waals surface area contributed by atoms with E-state index in [-0.39, 0.29) is 12.4 Å². The standard InChI is InChI=1S/C13H17NO2S/c1-2-16-13(15)8-12(14)10-17-9-11-6-4-3-5-7-11/h3-7,14H,2,8-10H2,1H3. The lowest BCUT2D eigenvalue weighted by Gasteiger charge is -2.04. The predicted molar refractivity (Wildman–Crippen MR) is 71.6 cm³/mol. The monoisotopic (exact) mass is 251 g/mol. The van der Waals surface area contributed by atoms with E-state index >= 15 is 0 Å². The Hall–Kier alpha value is -1.29. The smallest absolute Gasteiger partial charge is 0.311 e. The molecule has 0 aliphatic carbocycles. The summed E-state index contributed by atoms with van der Waals surface area (Å²) < 4.78 is 4.79. The van der Waals surface area contributed by atoms with Gasteiger partial charge < -0.3 is 10.1 Å². The van der Waals surface area contributed by atoms with Crippen molar-refractivity contribution in [2.24, 2.45) is 0 Å². The molecule has 92 valence electrons. The van der Waals surface area contributed by atoms with Crippen LogP contribution in [0, 0.1) is 5.41 Å². The summed E-state index contributed by atoms with van der Waals surface area (Å²) in [4.78, 5) is 11.1. The van der Waals surface area contributed by atoms with Crippen LogP contribution in [-0.4, -0.2) is 24.0 Å². The third-order valence-corrected chi connectivity index (χ3v) is 3.14. The van der Waals surface area contributed by atoms with E-state index in [1.165, 1.54) is 5.56 Å². The first-order valence-corrected chi connectivity index (χ1v) is 6.71. The zero-order chi connectivity index (χ0) is 12.5. The number of carbonyl (C=O) groups excluding carboxylic acids is 1. The van der Waals surface area contributed by atoms with E-state index in [1.54, 1.807) is 18.7 Å². The van der Waals surface area contributed by atoms with Gasteiger partial charge in [-0.2, -0.15) is 11.8 Å². The van der Waals surface area contributed by atoms with Gasteiger partial charge in [-0.25, -0.2) is 0 Å². The minimum atomic E-state index is -0.308. The van der Waals surface area contributed by atoms with E-state index < -0.39 is 0 Å². The molecule has 0 saturated heterocycles. The number of esters is 1. The lowest BCUT2D eigenvalue weighted by molar-refractivity contribution is -0.141. The highest BCUT2D eigenvalue weighted by Gasteiger charge is 2.06. The second-order valence-electron chi connectivity index (χ2n) is 3.56. The van der Waals surface area contributed by atoms with Gasteiger partial charge in [-0.15, -0.1) is 0 Å². The first-order chi connectivity index (χ1) is 8.22. The highest BCUT2D eigenvalue weighted by atomic mass is 32.2. The molecule has 1 aromatic carbocycles. The third kappa shape index (κ3) is 6.12. The van der Waals surface area contributed by atoms with Crippen molar-refractivity contribution in [2.75, 3.05) is 12.4 Å². The van der Waals surface area contributed by atoms with E-state index in [0.29, 0.717) is 18.1 Å². The van der Waals surface area contributed by atoms with Gasteiger partial charge in [-0.3, -0.25) is 4.79 Å². The fourth-order valence-corrected chi connectivity index (χ4v) is 2.18. The molecule has 0 aliphatic rings. The predicted octanol–water partition coefficient (Wildman–Crippen LogP) is 2.89. The lowest BCUT2D eigenvalue weighted by Crippen LogP contribution is -2.12. The van der Waals surface area contributed by atoms with Crippen molar-refractivity contribution in [3.8, 4) is 0 Å². The average Bonchev–Trinajstić information content (AvgIpc) is 2.30. The molecule has 0 heterocycles. The van der Waals surface area contributed by atoms with Crippen LogP contribution in [0.5, 0.6) is 0 Å². The Morgan fingerprint density at radius 2 is 2.06 bits per heavy atom. The number of hydrogen-bond donors (Lipinski definition) is 1. The SMILES string of the molecule is CCOC(=O)CC(=N)CSCc1ccccc1. The van der Waals surface area contributed by atoms with E-state index in [0.717, 1.165) is 5.75 Å². The summed E-state index contributed by atoms with van der Waals surface area (Å²) >= 11 is 1.64. The molecule has 0 spiro atoms. The number of rotatable bonds is 7. The van der Waals surface area contributed by atoms with Crippen LogP contribution in [0.15, 0.2) is 30.3 Å². The summed E-state index contributed by atoms with van der Waals surface area (Å²) in [5.41, 5.74) is 1.66. The fraction of sp³-hybridized carbons (Fsp3) is 0.385. The topological polar surface area (TPSA) is 50.2 Å². The van der Waals surface area contributed by atoms with Crippen LogP contribution in [-0.2, 0) is 15.3 Å². The summed E-state index contributed by atoms with van der Waals surface area (Å²) in [5.74, 6) is 1.14. The fourth-order valence-electron chi connectivity index (χ4n) is 1.30. The number of nitrogens with one attached hydrogen (secondary N) is 1. The van der Waals surface area contributed by atoms with Crippen LogP contribution in [0.4, 0.5) is 0 Å². The molecule has 0 saturated carbocycles. The average molecular weight is 251 g/mol. The van der Waals surface area contributed by atoms with Gasteiger partial charge in [0.2, 0.25) is 0 Å². The third-order valence-electron chi connectivity index (χ3n) is 2.05. The summed E-state index contributed by atoms with van der Waals surface area (Å²) in [7, 11) is 0. The Bertz CT molecular complexity index is 365. The summed E-state index contributed by atoms with van der Waals surface area (Å²) in [6, 6.07) is 10.1. The maximum Gasteiger partial charge on any atom is 0.311 e. The zero-order valence-corrected chi connectivity index (χ0v) is 10.8. The lowest BCUT2D eigenvalue weighted by atomic mass is 10.2. The molecule has 0 unspecified atom stereocenters. The molecule has 0 amide bonds. The van der Waals surface area contributed by atoms with Crippen molar-refractivity contribution >= 4 is 23.4 Å². The van der Waals surface area contributed by atoms with Gasteiger partial charge in [-0.05, 0) is 12.5 Å². The Balaban J connectivity index is 2.18. The highest BCUT2D eigenvalue weighted by molar-refractivity contribution is 7.99. The van der Waals surface area contributed by atoms with Crippen molar-refractivity contribution in [1.82, 2.24) is 0 Å². The van der Waals surface area contributed by atoms with E-state index in [1.807, 2.05) is 18.2 Å². The molecule has 0 bridgehead atoms. The van der Waals surface area contributed by atoms with Crippen molar-refractivity contribution in [3.63, 3.8) is 0 Å². The van der Waals surface area contributed by atoms with Crippen LogP contribution < -0.4 is 0 Å². The van der Waals surface area contributed by atoms with Crippen LogP contribution >= 0.6 is 11.8 Å². The van der Waals surface area contributed by atoms with Crippen LogP contribution in [0.1, 0.15) is 18.9 Å². The Labute approximate surface area is 106 Å². The minimum absolute atomic E-state index is 0.107. The van der Waals surface area contributed by atoms with Crippen molar-refractivity contribution in [3.05, 3.63) is 35.9 Å². The van der Waals surface area contributed by atoms with Crippen LogP contribution in [0.25, 0.3) is 0 Å². The summed E-state index contributed by atoms with van der Waals surface area (Å²) in [6.07, 6.45) is 0.107. The number of ether oxygens (including phenoxy) is 1. The van der Waals surface area contributed by atoms with E-state index in [4.69, 9.17) is 10.1 Å². The zero-order valence-electron chi connectivity index (χ0n) is 9.94. The number of hydrogen-bond acceptors (Lipinski definition) is 4. The number of thioether (sulfide) groups is 1. The van der Waals surface area contributed by atoms with Gasteiger partial charge >= 0.3 is 5.97 Å². The molecule has 3 nitrogen and oxygen atoms in total. The molecule has 1 aromatic rings. The van der Waals surface area contributed by atoms with Crippen LogP contribution in [0.3, 0.4) is 0 Å². The van der Waals surface area contributed by atoms with Gasteiger partial charge in [0, 0.05) is 17.2 Å². The van der Waals surface area contributed by atoms with Crippen LogP contribution in [0.2, 0.25) is 0 Å². The Kier molecular flexibility index (Phi) is 6.40. The van der Waals surface area contributed by atoms with E-state index in [2.05, 4.69) is 12.1 Å². The molecule has 0 aromatic heterocycles. The van der Waals surface area contributed by atoms with E-state index in [9.17, 15) is 4.79 Å². The molecule has 0 atom stereocenters. The maximum absolute atomic E-state index is 11.1. The van der Waals surface area contributed by atoms with Crippen molar-refractivity contribution in [2.45, 2.75) is 19.1 Å². The molecule has 4 heteroatoms. The van der Waals surface area contributed by atoms with Crippen molar-refractivity contribution in [1.29, 1.82) is 5.41 Å². The van der Waals surface area contributed by atoms with Gasteiger partial charge in [0.05, 0.1) is 13.0 Å². The van der Waals surface area contributed by atoms with Crippen molar-refractivity contribution < 1.29 is 9.53 Å². The number of carbonyl (C=O) groups is 1. The quantitative estimate of drug-likeness (QED) is 0.599. The van der Waals surface area contributed by atoms with Gasteiger partial charge in [0.25, 0.3) is 0 Å². The molecule has 1 rings (SSSR count). The van der Waals surface area contributed by atoms with Gasteiger partial charge in [0.1, 0.15) is 0 Å². The highest BCUT2D eigenvalue weighted by Crippen LogP contribution is 2.12. The normalized spacial score (nSPS) is 9.94.